The van der Waals surface area contributed by atoms with Gasteiger partial charge in [0, 0.05) is 18.2 Å². The Hall–Kier alpha value is -0.370. The van der Waals surface area contributed by atoms with Crippen LogP contribution in [-0.2, 0) is 4.74 Å². The van der Waals surface area contributed by atoms with Gasteiger partial charge in [0.1, 0.15) is 0 Å². The van der Waals surface area contributed by atoms with Crippen molar-refractivity contribution < 1.29 is 4.74 Å². The van der Waals surface area contributed by atoms with Gasteiger partial charge in [0.25, 0.3) is 0 Å². The van der Waals surface area contributed by atoms with Crippen LogP contribution in [0.4, 0.5) is 0 Å². The molecule has 0 bridgehead atoms. The van der Waals surface area contributed by atoms with E-state index in [0.29, 0.717) is 18.1 Å². The van der Waals surface area contributed by atoms with Gasteiger partial charge in [-0.05, 0) is 32.1 Å². The Morgan fingerprint density at radius 3 is 3.15 bits per heavy atom. The van der Waals surface area contributed by atoms with Crippen LogP contribution in [0.3, 0.4) is 0 Å². The number of hydrogen-bond acceptors (Lipinski definition) is 2. The summed E-state index contributed by atoms with van der Waals surface area (Å²) in [7, 11) is 0. The second kappa shape index (κ2) is 3.09. The lowest BCUT2D eigenvalue weighted by atomic mass is 9.83. The van der Waals surface area contributed by atoms with Crippen LogP contribution < -0.4 is 0 Å². The van der Waals surface area contributed by atoms with Gasteiger partial charge in [0.15, 0.2) is 0 Å². The average Bonchev–Trinajstić information content (AvgIpc) is 2.56. The summed E-state index contributed by atoms with van der Waals surface area (Å²) in [6.45, 7) is 0.973. The molecule has 1 saturated heterocycles. The van der Waals surface area contributed by atoms with E-state index >= 15 is 0 Å². The SMILES string of the molecule is C1CCC2C(=NC3CCCOC32)C1. The van der Waals surface area contributed by atoms with Crippen molar-refractivity contribution in [2.75, 3.05) is 6.61 Å². The van der Waals surface area contributed by atoms with Crippen molar-refractivity contribution in [3.8, 4) is 0 Å². The van der Waals surface area contributed by atoms with E-state index in [4.69, 9.17) is 9.73 Å². The fourth-order valence-corrected chi connectivity index (χ4v) is 3.06. The van der Waals surface area contributed by atoms with E-state index in [1.54, 1.807) is 0 Å². The third-order valence-electron chi connectivity index (χ3n) is 3.69. The second-order valence-electron chi connectivity index (χ2n) is 4.52. The number of nitrogens with zero attached hydrogens (tertiary/aromatic N) is 1. The minimum absolute atomic E-state index is 0.476. The molecule has 0 N–H and O–H groups in total. The zero-order valence-electron chi connectivity index (χ0n) is 8.04. The van der Waals surface area contributed by atoms with E-state index in [9.17, 15) is 0 Å². The molecule has 0 aromatic heterocycles. The number of ether oxygens (including phenoxy) is 1. The van der Waals surface area contributed by atoms with E-state index in [1.807, 2.05) is 0 Å². The van der Waals surface area contributed by atoms with Crippen molar-refractivity contribution in [2.24, 2.45) is 10.9 Å². The Morgan fingerprint density at radius 2 is 2.15 bits per heavy atom. The van der Waals surface area contributed by atoms with Crippen molar-refractivity contribution in [2.45, 2.75) is 50.7 Å². The molecule has 2 fully saturated rings. The first kappa shape index (κ1) is 7.98. The zero-order valence-corrected chi connectivity index (χ0v) is 8.04. The quantitative estimate of drug-likeness (QED) is 0.558. The van der Waals surface area contributed by atoms with Crippen LogP contribution in [0, 0.1) is 5.92 Å². The fourth-order valence-electron chi connectivity index (χ4n) is 3.06. The van der Waals surface area contributed by atoms with Gasteiger partial charge in [-0.3, -0.25) is 4.99 Å². The molecule has 0 aromatic carbocycles. The predicted octanol–water partition coefficient (Wildman–Crippen LogP) is 2.18. The molecule has 3 aliphatic rings. The molecule has 3 rings (SSSR count). The van der Waals surface area contributed by atoms with Crippen molar-refractivity contribution in [1.29, 1.82) is 0 Å². The summed E-state index contributed by atoms with van der Waals surface area (Å²) in [5.74, 6) is 0.707. The normalized spacial score (nSPS) is 43.7. The highest BCUT2D eigenvalue weighted by molar-refractivity contribution is 5.90. The number of hydrogen-bond donors (Lipinski definition) is 0. The molecule has 1 aliphatic carbocycles. The van der Waals surface area contributed by atoms with Gasteiger partial charge in [-0.1, -0.05) is 6.42 Å². The summed E-state index contributed by atoms with van der Waals surface area (Å²) in [5.41, 5.74) is 1.49. The summed E-state index contributed by atoms with van der Waals surface area (Å²) in [5, 5.41) is 0. The highest BCUT2D eigenvalue weighted by Crippen LogP contribution is 2.37. The van der Waals surface area contributed by atoms with Crippen molar-refractivity contribution in [1.82, 2.24) is 0 Å². The van der Waals surface area contributed by atoms with Crippen molar-refractivity contribution in [3.63, 3.8) is 0 Å². The first-order chi connectivity index (χ1) is 6.45. The van der Waals surface area contributed by atoms with E-state index in [1.165, 1.54) is 44.2 Å². The monoisotopic (exact) mass is 179 g/mol. The lowest BCUT2D eigenvalue weighted by molar-refractivity contribution is -0.0121. The third-order valence-corrected chi connectivity index (χ3v) is 3.69. The molecule has 0 amide bonds. The molecule has 3 unspecified atom stereocenters. The molecule has 13 heavy (non-hydrogen) atoms. The molecular weight excluding hydrogens is 162 g/mol. The predicted molar refractivity (Wildman–Crippen MR) is 52.2 cm³/mol. The Morgan fingerprint density at radius 1 is 1.15 bits per heavy atom. The van der Waals surface area contributed by atoms with Gasteiger partial charge < -0.3 is 4.74 Å². The van der Waals surface area contributed by atoms with Crippen LogP contribution in [0.1, 0.15) is 38.5 Å². The summed E-state index contributed by atoms with van der Waals surface area (Å²) < 4.78 is 5.86. The molecule has 2 nitrogen and oxygen atoms in total. The van der Waals surface area contributed by atoms with Gasteiger partial charge in [0.05, 0.1) is 12.1 Å². The van der Waals surface area contributed by atoms with E-state index in [-0.39, 0.29) is 0 Å². The van der Waals surface area contributed by atoms with Gasteiger partial charge in [-0.2, -0.15) is 0 Å². The smallest absolute Gasteiger partial charge is 0.0878 e. The average molecular weight is 179 g/mol. The topological polar surface area (TPSA) is 21.6 Å². The Kier molecular flexibility index (Phi) is 1.90. The lowest BCUT2D eigenvalue weighted by Gasteiger charge is -2.30. The van der Waals surface area contributed by atoms with Crippen LogP contribution in [0.25, 0.3) is 0 Å². The van der Waals surface area contributed by atoms with E-state index in [0.717, 1.165) is 6.61 Å². The number of aliphatic imine (C=N–C) groups is 1. The molecule has 72 valence electrons. The summed E-state index contributed by atoms with van der Waals surface area (Å²) in [6.07, 6.45) is 8.28. The lowest BCUT2D eigenvalue weighted by Crippen LogP contribution is -2.36. The largest absolute Gasteiger partial charge is 0.375 e. The van der Waals surface area contributed by atoms with E-state index < -0.39 is 0 Å². The number of rotatable bonds is 0. The first-order valence-corrected chi connectivity index (χ1v) is 5.63. The number of fused-ring (bicyclic) bond motifs is 3. The van der Waals surface area contributed by atoms with Crippen LogP contribution in [0.2, 0.25) is 0 Å². The summed E-state index contributed by atoms with van der Waals surface area (Å²) in [4.78, 5) is 4.82. The molecule has 2 heterocycles. The molecule has 0 radical (unpaired) electrons. The molecule has 0 aromatic rings. The zero-order chi connectivity index (χ0) is 8.67. The minimum Gasteiger partial charge on any atom is -0.375 e. The molecular formula is C11H17NO. The molecule has 1 saturated carbocycles. The first-order valence-electron chi connectivity index (χ1n) is 5.63. The maximum absolute atomic E-state index is 5.86. The van der Waals surface area contributed by atoms with E-state index in [2.05, 4.69) is 0 Å². The van der Waals surface area contributed by atoms with Crippen LogP contribution >= 0.6 is 0 Å². The Balaban J connectivity index is 1.83. The maximum atomic E-state index is 5.86. The van der Waals surface area contributed by atoms with Crippen LogP contribution in [0.15, 0.2) is 4.99 Å². The minimum atomic E-state index is 0.476. The van der Waals surface area contributed by atoms with Crippen molar-refractivity contribution in [3.05, 3.63) is 0 Å². The van der Waals surface area contributed by atoms with Gasteiger partial charge in [-0.25, -0.2) is 0 Å². The van der Waals surface area contributed by atoms with Crippen molar-refractivity contribution >= 4 is 5.71 Å². The molecule has 2 heteroatoms. The Labute approximate surface area is 79.4 Å². The molecule has 2 aliphatic heterocycles. The highest BCUT2D eigenvalue weighted by atomic mass is 16.5. The standard InChI is InChI=1S/C11H17NO/c1-2-5-9-8(4-1)11-10(12-9)6-3-7-13-11/h8,10-11H,1-7H2. The highest BCUT2D eigenvalue weighted by Gasteiger charge is 2.41. The summed E-state index contributed by atoms with van der Waals surface area (Å²) >= 11 is 0. The second-order valence-corrected chi connectivity index (χ2v) is 4.52. The van der Waals surface area contributed by atoms with Gasteiger partial charge >= 0.3 is 0 Å². The third kappa shape index (κ3) is 1.23. The Bertz CT molecular complexity index is 236. The molecule has 0 spiro atoms. The summed E-state index contributed by atoms with van der Waals surface area (Å²) in [6, 6.07) is 0.534. The van der Waals surface area contributed by atoms with Gasteiger partial charge in [-0.15, -0.1) is 0 Å². The van der Waals surface area contributed by atoms with Crippen LogP contribution in [-0.4, -0.2) is 24.5 Å². The van der Waals surface area contributed by atoms with Crippen LogP contribution in [0.5, 0.6) is 0 Å². The maximum Gasteiger partial charge on any atom is 0.0878 e. The molecule has 3 atom stereocenters. The fraction of sp³-hybridized carbons (Fsp3) is 0.909. The van der Waals surface area contributed by atoms with Gasteiger partial charge in [0.2, 0.25) is 0 Å².